The monoisotopic (exact) mass is 334 g/mol. The number of nitrogens with one attached hydrogen (secondary N) is 3. The van der Waals surface area contributed by atoms with Crippen LogP contribution in [0, 0.1) is 6.92 Å². The Morgan fingerprint density at radius 2 is 2.12 bits per heavy atom. The van der Waals surface area contributed by atoms with Gasteiger partial charge in [-0.15, -0.1) is 0 Å². The van der Waals surface area contributed by atoms with Crippen LogP contribution in [0.3, 0.4) is 0 Å². The summed E-state index contributed by atoms with van der Waals surface area (Å²) in [6.07, 6.45) is 7.90. The normalized spacial score (nSPS) is 15.5. The summed E-state index contributed by atoms with van der Waals surface area (Å²) in [5.74, 6) is 1.41. The molecule has 6 heteroatoms. The van der Waals surface area contributed by atoms with Crippen LogP contribution in [0.25, 0.3) is 0 Å². The van der Waals surface area contributed by atoms with Gasteiger partial charge in [0.2, 0.25) is 0 Å². The second kappa shape index (κ2) is 9.27. The third-order valence-electron chi connectivity index (χ3n) is 4.10. The SMILES string of the molecule is Cc1ccc(C[NH+](C)CC(=O)NC(=O)NCCC2=CCCCC2)o1. The molecule has 132 valence electrons. The first-order valence-corrected chi connectivity index (χ1v) is 8.65. The van der Waals surface area contributed by atoms with Crippen molar-refractivity contribution in [1.82, 2.24) is 10.6 Å². The molecule has 1 aromatic rings. The molecule has 0 saturated heterocycles. The molecule has 24 heavy (non-hydrogen) atoms. The summed E-state index contributed by atoms with van der Waals surface area (Å²) in [6.45, 7) is 3.29. The van der Waals surface area contributed by atoms with Crippen molar-refractivity contribution >= 4 is 11.9 Å². The topological polar surface area (TPSA) is 75.8 Å². The summed E-state index contributed by atoms with van der Waals surface area (Å²) in [5.41, 5.74) is 1.41. The summed E-state index contributed by atoms with van der Waals surface area (Å²) in [6, 6.07) is 3.39. The molecular formula is C18H28N3O3+. The van der Waals surface area contributed by atoms with E-state index in [9.17, 15) is 9.59 Å². The third-order valence-corrected chi connectivity index (χ3v) is 4.10. The molecule has 3 amide bonds. The predicted octanol–water partition coefficient (Wildman–Crippen LogP) is 1.32. The molecule has 0 radical (unpaired) electrons. The van der Waals surface area contributed by atoms with E-state index in [2.05, 4.69) is 16.7 Å². The van der Waals surface area contributed by atoms with E-state index in [0.29, 0.717) is 13.1 Å². The smallest absolute Gasteiger partial charge is 0.321 e. The number of hydrogen-bond acceptors (Lipinski definition) is 3. The van der Waals surface area contributed by atoms with Gasteiger partial charge in [-0.1, -0.05) is 11.6 Å². The molecule has 0 aromatic carbocycles. The highest BCUT2D eigenvalue weighted by Crippen LogP contribution is 2.19. The standard InChI is InChI=1S/C18H27N3O3/c1-14-8-9-16(24-14)12-21(2)13-17(22)20-18(23)19-11-10-15-6-4-3-5-7-15/h6,8-9H,3-5,7,10-13H2,1-2H3,(H2,19,20,22,23)/p+1. The molecule has 0 spiro atoms. The van der Waals surface area contributed by atoms with Crippen molar-refractivity contribution in [3.8, 4) is 0 Å². The van der Waals surface area contributed by atoms with Gasteiger partial charge in [-0.2, -0.15) is 0 Å². The number of aryl methyl sites for hydroxylation is 1. The Kier molecular flexibility index (Phi) is 7.06. The van der Waals surface area contributed by atoms with Gasteiger partial charge in [0.1, 0.15) is 12.3 Å². The van der Waals surface area contributed by atoms with Crippen LogP contribution < -0.4 is 15.5 Å². The zero-order valence-electron chi connectivity index (χ0n) is 14.6. The predicted molar refractivity (Wildman–Crippen MR) is 91.6 cm³/mol. The fraction of sp³-hybridized carbons (Fsp3) is 0.556. The molecule has 1 aromatic heterocycles. The van der Waals surface area contributed by atoms with Gasteiger partial charge in [0.25, 0.3) is 5.91 Å². The summed E-state index contributed by atoms with van der Waals surface area (Å²) in [7, 11) is 1.89. The number of carbonyl (C=O) groups is 2. The number of rotatable bonds is 7. The van der Waals surface area contributed by atoms with Crippen LogP contribution in [-0.4, -0.2) is 32.1 Å². The van der Waals surface area contributed by atoms with E-state index in [1.54, 1.807) is 0 Å². The van der Waals surface area contributed by atoms with Crippen molar-refractivity contribution in [3.05, 3.63) is 35.3 Å². The summed E-state index contributed by atoms with van der Waals surface area (Å²) in [4.78, 5) is 24.6. The van der Waals surface area contributed by atoms with Gasteiger partial charge in [0, 0.05) is 6.54 Å². The quantitative estimate of drug-likeness (QED) is 0.658. The minimum Gasteiger partial charge on any atom is -0.460 e. The molecule has 6 nitrogen and oxygen atoms in total. The van der Waals surface area contributed by atoms with Gasteiger partial charge < -0.3 is 14.6 Å². The second-order valence-corrected chi connectivity index (χ2v) is 6.49. The number of carbonyl (C=O) groups excluding carboxylic acids is 2. The van der Waals surface area contributed by atoms with Crippen LogP contribution in [-0.2, 0) is 11.3 Å². The van der Waals surface area contributed by atoms with Crippen LogP contribution in [0.2, 0.25) is 0 Å². The Morgan fingerprint density at radius 1 is 1.29 bits per heavy atom. The summed E-state index contributed by atoms with van der Waals surface area (Å²) < 4.78 is 5.49. The lowest BCUT2D eigenvalue weighted by molar-refractivity contribution is -0.886. The second-order valence-electron chi connectivity index (χ2n) is 6.49. The first-order valence-electron chi connectivity index (χ1n) is 8.65. The number of furan rings is 1. The molecule has 0 bridgehead atoms. The first kappa shape index (κ1) is 18.3. The van der Waals surface area contributed by atoms with Crippen LogP contribution >= 0.6 is 0 Å². The maximum atomic E-state index is 11.9. The maximum absolute atomic E-state index is 11.9. The fourth-order valence-electron chi connectivity index (χ4n) is 2.90. The number of likely N-dealkylation sites (N-methyl/N-ethyl adjacent to an activating group) is 1. The van der Waals surface area contributed by atoms with Gasteiger partial charge in [-0.3, -0.25) is 10.1 Å². The average molecular weight is 334 g/mol. The van der Waals surface area contributed by atoms with Gasteiger partial charge in [0.15, 0.2) is 12.3 Å². The van der Waals surface area contributed by atoms with Crippen LogP contribution in [0.15, 0.2) is 28.2 Å². The minimum atomic E-state index is -0.418. The van der Waals surface area contributed by atoms with E-state index in [1.165, 1.54) is 18.4 Å². The van der Waals surface area contributed by atoms with Crippen molar-refractivity contribution in [3.63, 3.8) is 0 Å². The van der Waals surface area contributed by atoms with Gasteiger partial charge >= 0.3 is 6.03 Å². The van der Waals surface area contributed by atoms with E-state index >= 15 is 0 Å². The Labute approximate surface area is 143 Å². The van der Waals surface area contributed by atoms with E-state index in [1.807, 2.05) is 26.1 Å². The lowest BCUT2D eigenvalue weighted by atomic mass is 9.97. The number of imide groups is 1. The van der Waals surface area contributed by atoms with E-state index < -0.39 is 6.03 Å². The molecule has 1 atom stereocenters. The van der Waals surface area contributed by atoms with Crippen molar-refractivity contribution in [2.24, 2.45) is 0 Å². The first-order chi connectivity index (χ1) is 11.5. The number of quaternary nitrogens is 1. The number of hydrogen-bond donors (Lipinski definition) is 3. The molecule has 1 unspecified atom stereocenters. The van der Waals surface area contributed by atoms with Crippen molar-refractivity contribution in [2.75, 3.05) is 20.1 Å². The number of urea groups is 1. The van der Waals surface area contributed by atoms with Gasteiger partial charge in [0.05, 0.1) is 7.05 Å². The molecule has 1 aliphatic rings. The van der Waals surface area contributed by atoms with Crippen molar-refractivity contribution in [2.45, 2.75) is 45.6 Å². The van der Waals surface area contributed by atoms with Crippen LogP contribution in [0.5, 0.6) is 0 Å². The minimum absolute atomic E-state index is 0.221. The molecular weight excluding hydrogens is 306 g/mol. The zero-order chi connectivity index (χ0) is 17.4. The highest BCUT2D eigenvalue weighted by molar-refractivity contribution is 5.94. The molecule has 3 N–H and O–H groups in total. The summed E-state index contributed by atoms with van der Waals surface area (Å²) in [5, 5.41) is 5.13. The Balaban J connectivity index is 1.62. The largest absolute Gasteiger partial charge is 0.460 e. The number of allylic oxidation sites excluding steroid dienone is 1. The Morgan fingerprint density at radius 3 is 2.79 bits per heavy atom. The highest BCUT2D eigenvalue weighted by Gasteiger charge is 2.14. The Hall–Kier alpha value is -2.08. The third kappa shape index (κ3) is 6.58. The average Bonchev–Trinajstić information content (AvgIpc) is 2.92. The van der Waals surface area contributed by atoms with Crippen molar-refractivity contribution < 1.29 is 18.9 Å². The van der Waals surface area contributed by atoms with Gasteiger partial charge in [-0.25, -0.2) is 4.79 Å². The molecule has 0 saturated carbocycles. The van der Waals surface area contributed by atoms with E-state index in [-0.39, 0.29) is 12.5 Å². The summed E-state index contributed by atoms with van der Waals surface area (Å²) >= 11 is 0. The van der Waals surface area contributed by atoms with Gasteiger partial charge in [-0.05, 0) is 51.2 Å². The van der Waals surface area contributed by atoms with Crippen LogP contribution in [0.1, 0.15) is 43.6 Å². The lowest BCUT2D eigenvalue weighted by Crippen LogP contribution is -3.09. The van der Waals surface area contributed by atoms with Crippen LogP contribution in [0.4, 0.5) is 4.79 Å². The fourth-order valence-corrected chi connectivity index (χ4v) is 2.90. The zero-order valence-corrected chi connectivity index (χ0v) is 14.6. The highest BCUT2D eigenvalue weighted by atomic mass is 16.3. The maximum Gasteiger partial charge on any atom is 0.321 e. The van der Waals surface area contributed by atoms with E-state index in [0.717, 1.165) is 35.7 Å². The van der Waals surface area contributed by atoms with E-state index in [4.69, 9.17) is 4.42 Å². The Bertz CT molecular complexity index is 592. The molecule has 0 fully saturated rings. The molecule has 1 aliphatic carbocycles. The molecule has 0 aliphatic heterocycles. The van der Waals surface area contributed by atoms with Crippen molar-refractivity contribution in [1.29, 1.82) is 0 Å². The molecule has 1 heterocycles. The number of amides is 3. The molecule has 2 rings (SSSR count). The lowest BCUT2D eigenvalue weighted by Gasteiger charge is -2.14.